The summed E-state index contributed by atoms with van der Waals surface area (Å²) in [5.41, 5.74) is 5.33. The SMILES string of the molecule is CCCC/C(C)=N/NC(=O)c1ccc(C)cc1. The largest absolute Gasteiger partial charge is 0.271 e. The van der Waals surface area contributed by atoms with Crippen molar-refractivity contribution in [1.82, 2.24) is 5.43 Å². The fraction of sp³-hybridized carbons (Fsp3) is 0.429. The highest BCUT2D eigenvalue weighted by Crippen LogP contribution is 2.03. The van der Waals surface area contributed by atoms with Crippen molar-refractivity contribution in [2.24, 2.45) is 5.10 Å². The number of aryl methyl sites for hydroxylation is 1. The molecule has 92 valence electrons. The van der Waals surface area contributed by atoms with E-state index in [1.165, 1.54) is 0 Å². The molecule has 1 rings (SSSR count). The van der Waals surface area contributed by atoms with Gasteiger partial charge in [0.1, 0.15) is 0 Å². The summed E-state index contributed by atoms with van der Waals surface area (Å²) in [5, 5.41) is 4.08. The Morgan fingerprint density at radius 1 is 1.29 bits per heavy atom. The molecule has 0 aliphatic carbocycles. The van der Waals surface area contributed by atoms with Gasteiger partial charge in [0.05, 0.1) is 0 Å². The van der Waals surface area contributed by atoms with Gasteiger partial charge < -0.3 is 0 Å². The number of carbonyl (C=O) groups excluding carboxylic acids is 1. The molecule has 0 saturated carbocycles. The predicted octanol–water partition coefficient (Wildman–Crippen LogP) is 3.29. The lowest BCUT2D eigenvalue weighted by molar-refractivity contribution is 0.0954. The van der Waals surface area contributed by atoms with Crippen LogP contribution in [-0.4, -0.2) is 11.6 Å². The highest BCUT2D eigenvalue weighted by molar-refractivity contribution is 5.95. The Balaban J connectivity index is 2.52. The van der Waals surface area contributed by atoms with Crippen molar-refractivity contribution in [1.29, 1.82) is 0 Å². The lowest BCUT2D eigenvalue weighted by atomic mass is 10.1. The van der Waals surface area contributed by atoms with Crippen molar-refractivity contribution in [2.75, 3.05) is 0 Å². The van der Waals surface area contributed by atoms with E-state index in [-0.39, 0.29) is 5.91 Å². The molecule has 3 heteroatoms. The number of unbranched alkanes of at least 4 members (excludes halogenated alkanes) is 1. The van der Waals surface area contributed by atoms with Crippen LogP contribution < -0.4 is 5.43 Å². The minimum Gasteiger partial charge on any atom is -0.267 e. The first-order valence-electron chi connectivity index (χ1n) is 6.03. The van der Waals surface area contributed by atoms with Crippen LogP contribution in [-0.2, 0) is 0 Å². The predicted molar refractivity (Wildman–Crippen MR) is 71.3 cm³/mol. The quantitative estimate of drug-likeness (QED) is 0.614. The first-order valence-corrected chi connectivity index (χ1v) is 6.03. The van der Waals surface area contributed by atoms with Gasteiger partial charge in [0.25, 0.3) is 5.91 Å². The lowest BCUT2D eigenvalue weighted by Gasteiger charge is -2.02. The summed E-state index contributed by atoms with van der Waals surface area (Å²) >= 11 is 0. The Kier molecular flexibility index (Phi) is 5.40. The third kappa shape index (κ3) is 4.81. The smallest absolute Gasteiger partial charge is 0.267 e. The second kappa shape index (κ2) is 6.84. The molecule has 0 aromatic heterocycles. The number of hydrogen-bond donors (Lipinski definition) is 1. The molecule has 0 unspecified atom stereocenters. The zero-order valence-corrected chi connectivity index (χ0v) is 10.8. The van der Waals surface area contributed by atoms with E-state index in [2.05, 4.69) is 17.5 Å². The molecule has 0 heterocycles. The Morgan fingerprint density at radius 2 is 1.94 bits per heavy atom. The first kappa shape index (κ1) is 13.4. The monoisotopic (exact) mass is 232 g/mol. The molecule has 1 amide bonds. The van der Waals surface area contributed by atoms with Gasteiger partial charge >= 0.3 is 0 Å². The van der Waals surface area contributed by atoms with Gasteiger partial charge in [-0.05, 0) is 38.8 Å². The summed E-state index contributed by atoms with van der Waals surface area (Å²) in [6.45, 7) is 6.07. The molecule has 1 N–H and O–H groups in total. The topological polar surface area (TPSA) is 41.5 Å². The Bertz CT molecular complexity index is 393. The van der Waals surface area contributed by atoms with E-state index < -0.39 is 0 Å². The summed E-state index contributed by atoms with van der Waals surface area (Å²) in [6.07, 6.45) is 3.18. The molecule has 0 aliphatic heterocycles. The van der Waals surface area contributed by atoms with Gasteiger partial charge in [-0.25, -0.2) is 5.43 Å². The van der Waals surface area contributed by atoms with Crippen LogP contribution in [0.3, 0.4) is 0 Å². The molecule has 3 nitrogen and oxygen atoms in total. The fourth-order valence-electron chi connectivity index (χ4n) is 1.40. The Labute approximate surface area is 103 Å². The average molecular weight is 232 g/mol. The number of carbonyl (C=O) groups is 1. The van der Waals surface area contributed by atoms with Crippen molar-refractivity contribution in [3.8, 4) is 0 Å². The standard InChI is InChI=1S/C14H20N2O/c1-4-5-6-12(3)15-16-14(17)13-9-7-11(2)8-10-13/h7-10H,4-6H2,1-3H3,(H,16,17)/b15-12+. The number of nitrogens with one attached hydrogen (secondary N) is 1. The zero-order chi connectivity index (χ0) is 12.7. The summed E-state index contributed by atoms with van der Waals surface area (Å²) in [4.78, 5) is 11.7. The maximum atomic E-state index is 11.7. The van der Waals surface area contributed by atoms with Gasteiger partial charge in [0, 0.05) is 11.3 Å². The van der Waals surface area contributed by atoms with Gasteiger partial charge in [-0.15, -0.1) is 0 Å². The number of hydrogen-bond acceptors (Lipinski definition) is 2. The molecule has 0 atom stereocenters. The van der Waals surface area contributed by atoms with Crippen molar-refractivity contribution in [3.63, 3.8) is 0 Å². The van der Waals surface area contributed by atoms with Gasteiger partial charge in [-0.2, -0.15) is 5.10 Å². The van der Waals surface area contributed by atoms with Gasteiger partial charge in [-0.3, -0.25) is 4.79 Å². The maximum Gasteiger partial charge on any atom is 0.271 e. The maximum absolute atomic E-state index is 11.7. The van der Waals surface area contributed by atoms with Crippen LogP contribution in [0, 0.1) is 6.92 Å². The number of nitrogens with zero attached hydrogens (tertiary/aromatic N) is 1. The second-order valence-corrected chi connectivity index (χ2v) is 4.26. The van der Waals surface area contributed by atoms with Crippen molar-refractivity contribution < 1.29 is 4.79 Å². The molecule has 1 aromatic rings. The zero-order valence-electron chi connectivity index (χ0n) is 10.8. The summed E-state index contributed by atoms with van der Waals surface area (Å²) in [7, 11) is 0. The van der Waals surface area contributed by atoms with Gasteiger partial charge in [0.2, 0.25) is 0 Å². The van der Waals surface area contributed by atoms with Crippen molar-refractivity contribution in [3.05, 3.63) is 35.4 Å². The van der Waals surface area contributed by atoms with Crippen LogP contribution in [0.15, 0.2) is 29.4 Å². The fourth-order valence-corrected chi connectivity index (χ4v) is 1.40. The van der Waals surface area contributed by atoms with Gasteiger partial charge in [-0.1, -0.05) is 31.0 Å². The number of hydrazone groups is 1. The minimum absolute atomic E-state index is 0.152. The van der Waals surface area contributed by atoms with E-state index in [4.69, 9.17) is 0 Å². The van der Waals surface area contributed by atoms with Crippen LogP contribution in [0.5, 0.6) is 0 Å². The van der Waals surface area contributed by atoms with Crippen LogP contribution in [0.4, 0.5) is 0 Å². The van der Waals surface area contributed by atoms with Gasteiger partial charge in [0.15, 0.2) is 0 Å². The molecular weight excluding hydrogens is 212 g/mol. The molecule has 1 aromatic carbocycles. The molecule has 0 radical (unpaired) electrons. The van der Waals surface area contributed by atoms with Crippen LogP contribution >= 0.6 is 0 Å². The van der Waals surface area contributed by atoms with Crippen molar-refractivity contribution in [2.45, 2.75) is 40.0 Å². The van der Waals surface area contributed by atoms with Crippen LogP contribution in [0.25, 0.3) is 0 Å². The highest BCUT2D eigenvalue weighted by Gasteiger charge is 2.03. The molecular formula is C14H20N2O. The Hall–Kier alpha value is -1.64. The van der Waals surface area contributed by atoms with E-state index in [0.717, 1.165) is 30.5 Å². The third-order valence-corrected chi connectivity index (χ3v) is 2.55. The number of rotatable bonds is 5. The lowest BCUT2D eigenvalue weighted by Crippen LogP contribution is -2.18. The van der Waals surface area contributed by atoms with Crippen LogP contribution in [0.1, 0.15) is 49.0 Å². The highest BCUT2D eigenvalue weighted by atomic mass is 16.2. The summed E-state index contributed by atoms with van der Waals surface area (Å²) in [5.74, 6) is -0.152. The summed E-state index contributed by atoms with van der Waals surface area (Å²) < 4.78 is 0. The van der Waals surface area contributed by atoms with Crippen LogP contribution in [0.2, 0.25) is 0 Å². The third-order valence-electron chi connectivity index (χ3n) is 2.55. The molecule has 0 spiro atoms. The molecule has 0 fully saturated rings. The Morgan fingerprint density at radius 3 is 2.53 bits per heavy atom. The van der Waals surface area contributed by atoms with E-state index >= 15 is 0 Å². The number of benzene rings is 1. The van der Waals surface area contributed by atoms with E-state index in [9.17, 15) is 4.79 Å². The average Bonchev–Trinajstić information content (AvgIpc) is 2.34. The van der Waals surface area contributed by atoms with Crippen molar-refractivity contribution >= 4 is 11.6 Å². The number of amides is 1. The normalized spacial score (nSPS) is 11.4. The second-order valence-electron chi connectivity index (χ2n) is 4.26. The van der Waals surface area contributed by atoms with E-state index in [1.54, 1.807) is 0 Å². The molecule has 0 saturated heterocycles. The summed E-state index contributed by atoms with van der Waals surface area (Å²) in [6, 6.07) is 7.45. The minimum atomic E-state index is -0.152. The first-order chi connectivity index (χ1) is 8.13. The molecule has 17 heavy (non-hydrogen) atoms. The molecule has 0 aliphatic rings. The molecule has 0 bridgehead atoms. The van der Waals surface area contributed by atoms with E-state index in [1.807, 2.05) is 38.1 Å². The van der Waals surface area contributed by atoms with E-state index in [0.29, 0.717) is 5.56 Å².